The summed E-state index contributed by atoms with van der Waals surface area (Å²) < 4.78 is 32.9. The Morgan fingerprint density at radius 2 is 1.68 bits per heavy atom. The smallest absolute Gasteiger partial charge is 0.410 e. The molecule has 0 saturated carbocycles. The van der Waals surface area contributed by atoms with Crippen molar-refractivity contribution in [2.75, 3.05) is 11.9 Å². The first-order valence-electron chi connectivity index (χ1n) is 11.7. The topological polar surface area (TPSA) is 105 Å². The van der Waals surface area contributed by atoms with E-state index in [9.17, 15) is 18.0 Å². The van der Waals surface area contributed by atoms with Crippen LogP contribution >= 0.6 is 0 Å². The molecule has 9 heteroatoms. The van der Waals surface area contributed by atoms with Gasteiger partial charge in [-0.05, 0) is 69.6 Å². The third-order valence-electron chi connectivity index (χ3n) is 5.75. The third-order valence-corrected chi connectivity index (χ3v) is 6.71. The number of urea groups is 1. The lowest BCUT2D eigenvalue weighted by Gasteiger charge is -2.34. The number of benzene rings is 1. The number of likely N-dealkylation sites (tertiary alicyclic amines) is 1. The lowest BCUT2D eigenvalue weighted by molar-refractivity contribution is 0.0169. The zero-order valence-corrected chi connectivity index (χ0v) is 22.4. The molecule has 1 fully saturated rings. The molecule has 190 valence electrons. The van der Waals surface area contributed by atoms with E-state index in [0.29, 0.717) is 18.7 Å². The molecule has 0 radical (unpaired) electrons. The molecule has 0 bridgehead atoms. The number of ether oxygens (including phenoxy) is 1. The Balaban J connectivity index is 2.18. The van der Waals surface area contributed by atoms with Crippen molar-refractivity contribution >= 4 is 27.8 Å². The number of nitrogens with one attached hydrogen (secondary N) is 2. The highest BCUT2D eigenvalue weighted by Crippen LogP contribution is 2.33. The average molecular weight is 494 g/mol. The van der Waals surface area contributed by atoms with Gasteiger partial charge in [0.15, 0.2) is 0 Å². The number of hydrogen-bond donors (Lipinski definition) is 2. The molecule has 8 nitrogen and oxygen atoms in total. The van der Waals surface area contributed by atoms with Gasteiger partial charge in [0, 0.05) is 17.6 Å². The van der Waals surface area contributed by atoms with Crippen LogP contribution in [0.25, 0.3) is 0 Å². The van der Waals surface area contributed by atoms with Crippen LogP contribution in [0.2, 0.25) is 0 Å². The van der Waals surface area contributed by atoms with Crippen molar-refractivity contribution in [2.24, 2.45) is 0 Å². The maximum atomic E-state index is 12.7. The molecular formula is C25H39N3O5S. The zero-order chi connectivity index (χ0) is 25.9. The lowest BCUT2D eigenvalue weighted by Crippen LogP contribution is -2.46. The van der Waals surface area contributed by atoms with Crippen molar-refractivity contribution in [3.63, 3.8) is 0 Å². The van der Waals surface area contributed by atoms with Gasteiger partial charge in [0.1, 0.15) is 5.60 Å². The molecule has 1 atom stereocenters. The summed E-state index contributed by atoms with van der Waals surface area (Å²) in [6.07, 6.45) is 2.26. The molecule has 2 rings (SSSR count). The number of hydrogen-bond acceptors (Lipinski definition) is 5. The van der Waals surface area contributed by atoms with Gasteiger partial charge in [-0.25, -0.2) is 22.7 Å². The number of nitrogens with zero attached hydrogens (tertiary/aromatic N) is 1. The lowest BCUT2D eigenvalue weighted by atomic mass is 9.93. The zero-order valence-electron chi connectivity index (χ0n) is 21.6. The molecule has 1 saturated heterocycles. The van der Waals surface area contributed by atoms with Gasteiger partial charge < -0.3 is 10.1 Å². The number of sulfonamides is 1. The summed E-state index contributed by atoms with van der Waals surface area (Å²) in [6, 6.07) is 4.95. The SMILES string of the molecule is CC(C)c1cccc(C(C)C)c1NC(=O)NS(=O)(=O)/C=C/[C@@]1(C)CCCN1C(=O)OC(C)(C)C. The normalized spacial score (nSPS) is 19.2. The van der Waals surface area contributed by atoms with Crippen molar-refractivity contribution in [1.82, 2.24) is 9.62 Å². The standard InChI is InChI=1S/C25H39N3O5S/c1-17(2)19-11-9-12-20(18(3)4)21(19)26-22(29)27-34(31,32)16-14-25(8)13-10-15-28(25)23(30)33-24(5,6)7/h9,11-12,14,16-18H,10,13,15H2,1-8H3,(H2,26,27,29)/b16-14+/t25-/m1/s1. The first-order chi connectivity index (χ1) is 15.5. The van der Waals surface area contributed by atoms with Crippen LogP contribution in [0.3, 0.4) is 0 Å². The van der Waals surface area contributed by atoms with Gasteiger partial charge >= 0.3 is 12.1 Å². The molecule has 1 heterocycles. The number of carbonyl (C=O) groups is 2. The van der Waals surface area contributed by atoms with Crippen molar-refractivity contribution in [2.45, 2.75) is 91.2 Å². The van der Waals surface area contributed by atoms with E-state index in [2.05, 4.69) is 10.0 Å². The number of rotatable bonds is 6. The summed E-state index contributed by atoms with van der Waals surface area (Å²) in [7, 11) is -4.10. The number of amides is 3. The highest BCUT2D eigenvalue weighted by Gasteiger charge is 2.40. The Bertz CT molecular complexity index is 1010. The highest BCUT2D eigenvalue weighted by molar-refractivity contribution is 7.92. The van der Waals surface area contributed by atoms with Gasteiger partial charge in [-0.3, -0.25) is 4.90 Å². The molecule has 1 aliphatic rings. The van der Waals surface area contributed by atoms with Crippen molar-refractivity contribution in [1.29, 1.82) is 0 Å². The molecule has 0 spiro atoms. The van der Waals surface area contributed by atoms with Crippen LogP contribution in [0.15, 0.2) is 29.7 Å². The van der Waals surface area contributed by atoms with Crippen LogP contribution in [0.1, 0.15) is 91.2 Å². The first kappa shape index (κ1) is 27.7. The Kier molecular flexibility index (Phi) is 8.45. The molecule has 1 aromatic rings. The van der Waals surface area contributed by atoms with Crippen molar-refractivity contribution < 1.29 is 22.7 Å². The largest absolute Gasteiger partial charge is 0.444 e. The van der Waals surface area contributed by atoms with Crippen molar-refractivity contribution in [3.8, 4) is 0 Å². The second-order valence-corrected chi connectivity index (χ2v) is 12.2. The summed E-state index contributed by atoms with van der Waals surface area (Å²) in [4.78, 5) is 26.8. The molecule has 0 aliphatic carbocycles. The predicted molar refractivity (Wildman–Crippen MR) is 135 cm³/mol. The van der Waals surface area contributed by atoms with E-state index in [4.69, 9.17) is 4.74 Å². The van der Waals surface area contributed by atoms with Crippen molar-refractivity contribution in [3.05, 3.63) is 40.8 Å². The summed E-state index contributed by atoms with van der Waals surface area (Å²) in [5, 5.41) is 3.69. The van der Waals surface area contributed by atoms with Crippen LogP contribution in [-0.4, -0.2) is 43.1 Å². The van der Waals surface area contributed by atoms with Gasteiger partial charge in [-0.1, -0.05) is 45.9 Å². The van der Waals surface area contributed by atoms with E-state index < -0.39 is 33.3 Å². The second kappa shape index (κ2) is 10.4. The number of anilines is 1. The summed E-state index contributed by atoms with van der Waals surface area (Å²) in [5.41, 5.74) is 1.00. The fraction of sp³-hybridized carbons (Fsp3) is 0.600. The molecule has 0 aromatic heterocycles. The fourth-order valence-corrected chi connectivity index (χ4v) is 4.86. The maximum Gasteiger partial charge on any atom is 0.410 e. The Morgan fingerprint density at radius 1 is 1.12 bits per heavy atom. The Hall–Kier alpha value is -2.55. The average Bonchev–Trinajstić information content (AvgIpc) is 3.07. The minimum absolute atomic E-state index is 0.145. The minimum atomic E-state index is -4.10. The van der Waals surface area contributed by atoms with Gasteiger partial charge in [-0.15, -0.1) is 0 Å². The molecule has 1 aliphatic heterocycles. The van der Waals surface area contributed by atoms with E-state index in [0.717, 1.165) is 23.0 Å². The summed E-state index contributed by atoms with van der Waals surface area (Å²) in [5.74, 6) is 0.290. The molecule has 3 amide bonds. The van der Waals surface area contributed by atoms with E-state index in [1.807, 2.05) is 45.9 Å². The maximum absolute atomic E-state index is 12.7. The van der Waals surface area contributed by atoms with Gasteiger partial charge in [0.25, 0.3) is 10.0 Å². The fourth-order valence-electron chi connectivity index (χ4n) is 4.01. The van der Waals surface area contributed by atoms with Crippen LogP contribution in [0.4, 0.5) is 15.3 Å². The highest BCUT2D eigenvalue weighted by atomic mass is 32.2. The minimum Gasteiger partial charge on any atom is -0.444 e. The Labute approximate surface area is 204 Å². The number of carbonyl (C=O) groups excluding carboxylic acids is 2. The number of para-hydroxylation sites is 1. The predicted octanol–water partition coefficient (Wildman–Crippen LogP) is 5.69. The van der Waals surface area contributed by atoms with E-state index in [1.165, 1.54) is 11.0 Å². The van der Waals surface area contributed by atoms with Crippen LogP contribution < -0.4 is 10.0 Å². The van der Waals surface area contributed by atoms with Gasteiger partial charge in [0.2, 0.25) is 0 Å². The second-order valence-electron chi connectivity index (χ2n) is 10.6. The van der Waals surface area contributed by atoms with Gasteiger partial charge in [-0.2, -0.15) is 0 Å². The summed E-state index contributed by atoms with van der Waals surface area (Å²) in [6.45, 7) is 15.6. The molecular weight excluding hydrogens is 454 g/mol. The van der Waals surface area contributed by atoms with Gasteiger partial charge in [0.05, 0.1) is 5.54 Å². The monoisotopic (exact) mass is 493 g/mol. The van der Waals surface area contributed by atoms with E-state index in [-0.39, 0.29) is 11.8 Å². The summed E-state index contributed by atoms with van der Waals surface area (Å²) >= 11 is 0. The van der Waals surface area contributed by atoms with E-state index in [1.54, 1.807) is 27.7 Å². The van der Waals surface area contributed by atoms with Crippen LogP contribution in [0.5, 0.6) is 0 Å². The van der Waals surface area contributed by atoms with Crippen LogP contribution in [-0.2, 0) is 14.8 Å². The molecule has 0 unspecified atom stereocenters. The first-order valence-corrected chi connectivity index (χ1v) is 13.3. The quantitative estimate of drug-likeness (QED) is 0.530. The molecule has 1 aromatic carbocycles. The molecule has 34 heavy (non-hydrogen) atoms. The van der Waals surface area contributed by atoms with Crippen LogP contribution in [0, 0.1) is 0 Å². The van der Waals surface area contributed by atoms with E-state index >= 15 is 0 Å². The Morgan fingerprint density at radius 3 is 2.18 bits per heavy atom. The third kappa shape index (κ3) is 7.22. The molecule has 2 N–H and O–H groups in total.